The molecule has 1 aliphatic rings. The summed E-state index contributed by atoms with van der Waals surface area (Å²) >= 11 is 0. The lowest BCUT2D eigenvalue weighted by molar-refractivity contribution is -0.142. The molecule has 1 fully saturated rings. The molecule has 1 N–H and O–H groups in total. The zero-order chi connectivity index (χ0) is 15.4. The van der Waals surface area contributed by atoms with Crippen LogP contribution >= 0.6 is 0 Å². The van der Waals surface area contributed by atoms with E-state index >= 15 is 0 Å². The van der Waals surface area contributed by atoms with E-state index in [4.69, 9.17) is 9.84 Å². The number of aliphatic carboxylic acids is 1. The van der Waals surface area contributed by atoms with Crippen LogP contribution in [0.4, 0.5) is 5.69 Å². The summed E-state index contributed by atoms with van der Waals surface area (Å²) in [4.78, 5) is 36.1. The molecule has 1 aromatic carbocycles. The number of benzene rings is 1. The number of carbonyl (C=O) groups is 3. The summed E-state index contributed by atoms with van der Waals surface area (Å²) in [6.45, 7) is 2.16. The summed E-state index contributed by atoms with van der Waals surface area (Å²) < 4.78 is 4.91. The smallest absolute Gasteiger partial charge is 0.310 e. The molecule has 112 valence electrons. The van der Waals surface area contributed by atoms with Crippen LogP contribution in [0.1, 0.15) is 18.9 Å². The summed E-state index contributed by atoms with van der Waals surface area (Å²) in [5.74, 6) is -2.29. The molecule has 6 heteroatoms. The van der Waals surface area contributed by atoms with Crippen molar-refractivity contribution >= 4 is 23.5 Å². The number of esters is 1. The molecule has 21 heavy (non-hydrogen) atoms. The lowest BCUT2D eigenvalue weighted by atomic mass is 10.1. The van der Waals surface area contributed by atoms with Crippen molar-refractivity contribution in [2.75, 3.05) is 18.1 Å². The fourth-order valence-corrected chi connectivity index (χ4v) is 2.40. The number of ether oxygens (including phenoxy) is 1. The number of anilines is 1. The van der Waals surface area contributed by atoms with Gasteiger partial charge in [0.1, 0.15) is 0 Å². The van der Waals surface area contributed by atoms with Crippen molar-refractivity contribution in [2.45, 2.75) is 19.8 Å². The molecule has 0 bridgehead atoms. The van der Waals surface area contributed by atoms with E-state index in [0.717, 1.165) is 0 Å². The second-order valence-electron chi connectivity index (χ2n) is 4.85. The SMILES string of the molecule is CCOC(=O)Cc1ccccc1N1CC(C(=O)O)CC1=O. The topological polar surface area (TPSA) is 83.9 Å². The molecule has 1 heterocycles. The molecule has 1 aromatic rings. The van der Waals surface area contributed by atoms with Crippen LogP contribution in [0.3, 0.4) is 0 Å². The Bertz CT molecular complexity index is 569. The van der Waals surface area contributed by atoms with Gasteiger partial charge in [-0.05, 0) is 18.6 Å². The fourth-order valence-electron chi connectivity index (χ4n) is 2.40. The van der Waals surface area contributed by atoms with Crippen LogP contribution in [0.5, 0.6) is 0 Å². The zero-order valence-corrected chi connectivity index (χ0v) is 11.7. The number of para-hydroxylation sites is 1. The lowest BCUT2D eigenvalue weighted by Gasteiger charge is -2.19. The Hall–Kier alpha value is -2.37. The first kappa shape index (κ1) is 15.0. The quantitative estimate of drug-likeness (QED) is 0.825. The fraction of sp³-hybridized carbons (Fsp3) is 0.400. The van der Waals surface area contributed by atoms with E-state index in [0.29, 0.717) is 17.9 Å². The Labute approximate surface area is 122 Å². The minimum absolute atomic E-state index is 0.0108. The maximum atomic E-state index is 12.0. The molecule has 1 aliphatic heterocycles. The average molecular weight is 291 g/mol. The van der Waals surface area contributed by atoms with E-state index in [1.807, 2.05) is 0 Å². The summed E-state index contributed by atoms with van der Waals surface area (Å²) in [6, 6.07) is 6.99. The number of nitrogens with zero attached hydrogens (tertiary/aromatic N) is 1. The largest absolute Gasteiger partial charge is 0.481 e. The molecule has 1 atom stereocenters. The average Bonchev–Trinajstić information content (AvgIpc) is 2.82. The van der Waals surface area contributed by atoms with Gasteiger partial charge in [-0.15, -0.1) is 0 Å². The lowest BCUT2D eigenvalue weighted by Crippen LogP contribution is -2.27. The highest BCUT2D eigenvalue weighted by atomic mass is 16.5. The molecule has 0 spiro atoms. The minimum atomic E-state index is -0.978. The van der Waals surface area contributed by atoms with Gasteiger partial charge in [0.05, 0.1) is 18.9 Å². The van der Waals surface area contributed by atoms with Crippen LogP contribution < -0.4 is 4.90 Å². The minimum Gasteiger partial charge on any atom is -0.481 e. The van der Waals surface area contributed by atoms with Crippen LogP contribution in [0.25, 0.3) is 0 Å². The number of carbonyl (C=O) groups excluding carboxylic acids is 2. The van der Waals surface area contributed by atoms with Crippen LogP contribution in [0, 0.1) is 5.92 Å². The van der Waals surface area contributed by atoms with Gasteiger partial charge in [0.2, 0.25) is 5.91 Å². The monoisotopic (exact) mass is 291 g/mol. The van der Waals surface area contributed by atoms with Gasteiger partial charge in [-0.3, -0.25) is 14.4 Å². The highest BCUT2D eigenvalue weighted by molar-refractivity contribution is 6.00. The first-order valence-electron chi connectivity index (χ1n) is 6.79. The second kappa shape index (κ2) is 6.39. The summed E-state index contributed by atoms with van der Waals surface area (Å²) in [7, 11) is 0. The second-order valence-corrected chi connectivity index (χ2v) is 4.85. The van der Waals surface area contributed by atoms with Gasteiger partial charge in [0.15, 0.2) is 0 Å². The number of amides is 1. The van der Waals surface area contributed by atoms with Crippen molar-refractivity contribution in [1.82, 2.24) is 0 Å². The van der Waals surface area contributed by atoms with Crippen molar-refractivity contribution in [2.24, 2.45) is 5.92 Å². The van der Waals surface area contributed by atoms with Crippen LogP contribution in [-0.2, 0) is 25.5 Å². The van der Waals surface area contributed by atoms with Crippen LogP contribution in [0.2, 0.25) is 0 Å². The number of hydrogen-bond acceptors (Lipinski definition) is 4. The number of carboxylic acids is 1. The van der Waals surface area contributed by atoms with E-state index in [9.17, 15) is 14.4 Å². The maximum Gasteiger partial charge on any atom is 0.310 e. The normalized spacial score (nSPS) is 17.9. The molecule has 0 saturated carbocycles. The van der Waals surface area contributed by atoms with E-state index in [2.05, 4.69) is 0 Å². The maximum absolute atomic E-state index is 12.0. The molecular weight excluding hydrogens is 274 g/mol. The van der Waals surface area contributed by atoms with E-state index < -0.39 is 11.9 Å². The standard InChI is InChI=1S/C15H17NO5/c1-2-21-14(18)8-10-5-3-4-6-12(10)16-9-11(15(19)20)7-13(16)17/h3-6,11H,2,7-9H2,1H3,(H,19,20). The highest BCUT2D eigenvalue weighted by Crippen LogP contribution is 2.28. The van der Waals surface area contributed by atoms with E-state index in [-0.39, 0.29) is 31.3 Å². The molecule has 0 aromatic heterocycles. The molecule has 1 saturated heterocycles. The van der Waals surface area contributed by atoms with Crippen molar-refractivity contribution in [3.63, 3.8) is 0 Å². The van der Waals surface area contributed by atoms with Gasteiger partial charge in [0.25, 0.3) is 0 Å². The first-order chi connectivity index (χ1) is 10.0. The Morgan fingerprint density at radius 1 is 1.38 bits per heavy atom. The summed E-state index contributed by atoms with van der Waals surface area (Å²) in [5.41, 5.74) is 1.25. The molecule has 2 rings (SSSR count). The van der Waals surface area contributed by atoms with Gasteiger partial charge < -0.3 is 14.7 Å². The predicted octanol–water partition coefficient (Wildman–Crippen LogP) is 1.23. The van der Waals surface area contributed by atoms with Gasteiger partial charge in [-0.25, -0.2) is 0 Å². The third kappa shape index (κ3) is 3.39. The van der Waals surface area contributed by atoms with Gasteiger partial charge >= 0.3 is 11.9 Å². The van der Waals surface area contributed by atoms with Gasteiger partial charge in [-0.1, -0.05) is 18.2 Å². The Morgan fingerprint density at radius 2 is 2.10 bits per heavy atom. The Kier molecular flexibility index (Phi) is 4.57. The Balaban J connectivity index is 2.22. The molecule has 1 unspecified atom stereocenters. The van der Waals surface area contributed by atoms with Crippen molar-refractivity contribution in [3.05, 3.63) is 29.8 Å². The summed E-state index contributed by atoms with van der Waals surface area (Å²) in [6.07, 6.45) is 0.0502. The van der Waals surface area contributed by atoms with Crippen molar-refractivity contribution in [1.29, 1.82) is 0 Å². The molecule has 6 nitrogen and oxygen atoms in total. The number of rotatable bonds is 5. The Morgan fingerprint density at radius 3 is 2.71 bits per heavy atom. The summed E-state index contributed by atoms with van der Waals surface area (Å²) in [5, 5.41) is 9.03. The predicted molar refractivity (Wildman–Crippen MR) is 74.9 cm³/mol. The van der Waals surface area contributed by atoms with Crippen LogP contribution in [0.15, 0.2) is 24.3 Å². The molecular formula is C15H17NO5. The zero-order valence-electron chi connectivity index (χ0n) is 11.7. The highest BCUT2D eigenvalue weighted by Gasteiger charge is 2.35. The van der Waals surface area contributed by atoms with Crippen molar-refractivity contribution in [3.8, 4) is 0 Å². The number of hydrogen-bond donors (Lipinski definition) is 1. The third-order valence-corrected chi connectivity index (χ3v) is 3.40. The van der Waals surface area contributed by atoms with Gasteiger partial charge in [0, 0.05) is 18.7 Å². The molecule has 0 radical (unpaired) electrons. The first-order valence-corrected chi connectivity index (χ1v) is 6.79. The third-order valence-electron chi connectivity index (χ3n) is 3.40. The number of carboxylic acid groups (broad SMARTS) is 1. The van der Waals surface area contributed by atoms with E-state index in [1.54, 1.807) is 31.2 Å². The van der Waals surface area contributed by atoms with Gasteiger partial charge in [-0.2, -0.15) is 0 Å². The van der Waals surface area contributed by atoms with Crippen LogP contribution in [-0.4, -0.2) is 36.1 Å². The van der Waals surface area contributed by atoms with E-state index in [1.165, 1.54) is 4.90 Å². The van der Waals surface area contributed by atoms with Crippen molar-refractivity contribution < 1.29 is 24.2 Å². The molecule has 0 aliphatic carbocycles. The molecule has 1 amide bonds.